The van der Waals surface area contributed by atoms with Gasteiger partial charge in [-0.15, -0.1) is 0 Å². The monoisotopic (exact) mass is 972 g/mol. The summed E-state index contributed by atoms with van der Waals surface area (Å²) in [6.45, 7) is 19.4. The number of carbonyl (C=O) groups is 2. The Balaban J connectivity index is 0.863. The third-order valence-electron chi connectivity index (χ3n) is 16.2. The summed E-state index contributed by atoms with van der Waals surface area (Å²) in [6.07, 6.45) is 7.85. The Kier molecular flexibility index (Phi) is 12.5. The number of aromatic nitrogens is 4. The van der Waals surface area contributed by atoms with Crippen LogP contribution in [0.4, 0.5) is 16.4 Å². The molecule has 2 bridgehead atoms. The molecule has 71 heavy (non-hydrogen) atoms. The number of fused-ring (bicyclic) bond motifs is 7. The fraction of sp³-hybridized carbons (Fsp3) is 0.593. The van der Waals surface area contributed by atoms with Crippen molar-refractivity contribution in [3.05, 3.63) is 59.5 Å². The van der Waals surface area contributed by atoms with E-state index < -0.39 is 11.5 Å². The van der Waals surface area contributed by atoms with E-state index in [1.807, 2.05) is 51.8 Å². The van der Waals surface area contributed by atoms with E-state index in [1.54, 1.807) is 7.11 Å². The molecule has 5 aromatic rings. The molecule has 2 aromatic carbocycles. The highest BCUT2D eigenvalue weighted by molar-refractivity contribution is 6.06. The maximum atomic E-state index is 13.6. The number of benzene rings is 2. The number of amides is 1. The number of carbonyl (C=O) groups excluding carboxylic acids is 2. The van der Waals surface area contributed by atoms with Crippen molar-refractivity contribution in [1.82, 2.24) is 34.8 Å². The number of piperazine rings is 2. The van der Waals surface area contributed by atoms with Crippen molar-refractivity contribution in [2.45, 2.75) is 121 Å². The van der Waals surface area contributed by atoms with Crippen LogP contribution in [0.1, 0.15) is 109 Å². The highest BCUT2D eigenvalue weighted by atomic mass is 16.7. The minimum Gasteiger partial charge on any atom is -0.468 e. The van der Waals surface area contributed by atoms with Gasteiger partial charge in [0.25, 0.3) is 0 Å². The Morgan fingerprint density at radius 2 is 1.72 bits per heavy atom. The van der Waals surface area contributed by atoms with Gasteiger partial charge in [-0.1, -0.05) is 44.1 Å². The van der Waals surface area contributed by atoms with Crippen molar-refractivity contribution in [1.29, 1.82) is 0 Å². The Morgan fingerprint density at radius 1 is 0.930 bits per heavy atom. The minimum absolute atomic E-state index is 0.00693. The highest BCUT2D eigenvalue weighted by Crippen LogP contribution is 2.50. The van der Waals surface area contributed by atoms with Gasteiger partial charge in [-0.05, 0) is 100 Å². The van der Waals surface area contributed by atoms with Gasteiger partial charge in [0.05, 0.1) is 41.3 Å². The van der Waals surface area contributed by atoms with E-state index in [0.29, 0.717) is 37.5 Å². The third kappa shape index (κ3) is 8.68. The van der Waals surface area contributed by atoms with Gasteiger partial charge in [0.2, 0.25) is 0 Å². The lowest BCUT2D eigenvalue weighted by Crippen LogP contribution is -2.57. The molecule has 378 valence electrons. The lowest BCUT2D eigenvalue weighted by atomic mass is 9.79. The predicted octanol–water partition coefficient (Wildman–Crippen LogP) is 7.98. The molecule has 3 aromatic heterocycles. The van der Waals surface area contributed by atoms with E-state index in [0.717, 1.165) is 128 Å². The first-order valence-electron chi connectivity index (χ1n) is 25.8. The number of nitrogens with zero attached hydrogens (tertiary/aromatic N) is 9. The Bertz CT molecular complexity index is 2810. The van der Waals surface area contributed by atoms with Crippen molar-refractivity contribution in [3.63, 3.8) is 0 Å². The van der Waals surface area contributed by atoms with Gasteiger partial charge in [0.1, 0.15) is 29.7 Å². The van der Waals surface area contributed by atoms with Gasteiger partial charge >= 0.3 is 18.1 Å². The number of ether oxygens (including phenoxy) is 5. The summed E-state index contributed by atoms with van der Waals surface area (Å²) in [5.74, 6) is 2.06. The van der Waals surface area contributed by atoms with E-state index in [9.17, 15) is 9.59 Å². The molecule has 5 aliphatic heterocycles. The predicted molar refractivity (Wildman–Crippen MR) is 269 cm³/mol. The zero-order chi connectivity index (χ0) is 49.3. The van der Waals surface area contributed by atoms with E-state index in [1.165, 1.54) is 18.1 Å². The molecule has 6 aliphatic rings. The largest absolute Gasteiger partial charge is 0.468 e. The van der Waals surface area contributed by atoms with Crippen LogP contribution in [-0.2, 0) is 19.0 Å². The van der Waals surface area contributed by atoms with Crippen molar-refractivity contribution >= 4 is 45.4 Å². The highest BCUT2D eigenvalue weighted by Gasteiger charge is 2.51. The topological polar surface area (TPSA) is 161 Å². The molecule has 6 atom stereocenters. The molecule has 1 amide bonds. The summed E-state index contributed by atoms with van der Waals surface area (Å²) in [6, 6.07) is 13.3. The lowest BCUT2D eigenvalue weighted by Gasteiger charge is -2.42. The van der Waals surface area contributed by atoms with Gasteiger partial charge in [-0.2, -0.15) is 9.97 Å². The molecule has 17 nitrogen and oxygen atoms in total. The minimum atomic E-state index is -0.579. The first kappa shape index (κ1) is 47.5. The Labute approximate surface area is 416 Å². The van der Waals surface area contributed by atoms with Crippen molar-refractivity contribution in [2.24, 2.45) is 5.92 Å². The molecule has 4 unspecified atom stereocenters. The summed E-state index contributed by atoms with van der Waals surface area (Å²) in [7, 11) is 3.04. The molecule has 11 rings (SSSR count). The fourth-order valence-corrected chi connectivity index (χ4v) is 12.9. The van der Waals surface area contributed by atoms with Crippen molar-refractivity contribution in [3.8, 4) is 23.0 Å². The number of anilines is 2. The van der Waals surface area contributed by atoms with Crippen LogP contribution in [0.25, 0.3) is 32.9 Å². The van der Waals surface area contributed by atoms with Crippen LogP contribution in [-0.4, -0.2) is 156 Å². The first-order valence-corrected chi connectivity index (χ1v) is 25.8. The van der Waals surface area contributed by atoms with Crippen LogP contribution in [0.15, 0.2) is 47.1 Å². The SMILES string of the molecule is COCOc1cc2c3c(cccc3c1)C(C)c1c-2ncc2c(N3CC4CCC(C3)N4C(=O)OC(C)(C)C)nc(OC[C@@]34CCCN3[C@H](CN3CCN(c5cc(C(C(=O)OC)C(C)C)on5)CC3)CC4)nc12. The Hall–Kier alpha value is -5.78. The second kappa shape index (κ2) is 18.7. The zero-order valence-corrected chi connectivity index (χ0v) is 42.6. The van der Waals surface area contributed by atoms with E-state index in [-0.39, 0.29) is 48.3 Å². The Morgan fingerprint density at radius 3 is 2.45 bits per heavy atom. The van der Waals surface area contributed by atoms with Crippen molar-refractivity contribution in [2.75, 3.05) is 89.8 Å². The maximum Gasteiger partial charge on any atom is 0.410 e. The molecule has 0 radical (unpaired) electrons. The quantitative estimate of drug-likeness (QED) is 0.0824. The maximum absolute atomic E-state index is 13.6. The molecule has 1 aliphatic carbocycles. The number of methoxy groups -OCH3 is 2. The molecular formula is C54H69N9O8. The molecule has 5 fully saturated rings. The van der Waals surface area contributed by atoms with Crippen LogP contribution in [0.5, 0.6) is 11.8 Å². The van der Waals surface area contributed by atoms with Crippen LogP contribution >= 0.6 is 0 Å². The number of rotatable bonds is 13. The number of hydrogen-bond acceptors (Lipinski definition) is 16. The standard InChI is InChI=1S/C54H69N9O8/c1-32(2)44(50(64)67-8)42-25-43(58-71-42)60-21-19-59(20-22-60)27-35-15-17-54(16-10-18-62(35)54)30-68-51-56-48-41(49(57-51)61-28-36-13-14-37(29-61)63(36)52(65)70-53(4,5)6)26-55-47-40-24-38(69-31-66-7)23-34-11-9-12-39(46(34)40)33(3)45(47)48/h9,11-12,23-26,32-33,35-37,44H,10,13-22,27-31H2,1-8H3/t33?,35-,36?,37?,44?,54-/m0/s1. The molecule has 0 N–H and O–H groups in total. The summed E-state index contributed by atoms with van der Waals surface area (Å²) >= 11 is 0. The van der Waals surface area contributed by atoms with E-state index in [4.69, 9.17) is 43.2 Å². The molecule has 5 saturated heterocycles. The normalized spacial score (nSPS) is 24.7. The molecule has 0 spiro atoms. The zero-order valence-electron chi connectivity index (χ0n) is 42.6. The lowest BCUT2D eigenvalue weighted by molar-refractivity contribution is -0.144. The van der Waals surface area contributed by atoms with Crippen LogP contribution in [0.2, 0.25) is 0 Å². The second-order valence-electron chi connectivity index (χ2n) is 22.1. The molecule has 0 saturated carbocycles. The van der Waals surface area contributed by atoms with Crippen LogP contribution in [0.3, 0.4) is 0 Å². The summed E-state index contributed by atoms with van der Waals surface area (Å²) in [5, 5.41) is 7.51. The van der Waals surface area contributed by atoms with Crippen LogP contribution < -0.4 is 19.3 Å². The number of hydrogen-bond donors (Lipinski definition) is 0. The average Bonchev–Trinajstić information content (AvgIpc) is 4.14. The van der Waals surface area contributed by atoms with Crippen LogP contribution in [0, 0.1) is 5.92 Å². The van der Waals surface area contributed by atoms with Gasteiger partial charge in [-0.25, -0.2) is 4.79 Å². The van der Waals surface area contributed by atoms with Gasteiger partial charge in [0, 0.05) is 88.3 Å². The summed E-state index contributed by atoms with van der Waals surface area (Å²) in [4.78, 5) is 54.0. The summed E-state index contributed by atoms with van der Waals surface area (Å²) in [5.41, 5.74) is 4.30. The molecule has 17 heteroatoms. The van der Waals surface area contributed by atoms with Gasteiger partial charge in [0.15, 0.2) is 18.4 Å². The fourth-order valence-electron chi connectivity index (χ4n) is 12.9. The van der Waals surface area contributed by atoms with Gasteiger partial charge in [-0.3, -0.25) is 24.5 Å². The molecule has 8 heterocycles. The first-order chi connectivity index (χ1) is 34.2. The average molecular weight is 972 g/mol. The molecular weight excluding hydrogens is 903 g/mol. The smallest absolute Gasteiger partial charge is 0.410 e. The van der Waals surface area contributed by atoms with E-state index >= 15 is 0 Å². The number of esters is 1. The number of pyridine rings is 1. The van der Waals surface area contributed by atoms with E-state index in [2.05, 4.69) is 62.0 Å². The second-order valence-corrected chi connectivity index (χ2v) is 22.1. The summed E-state index contributed by atoms with van der Waals surface area (Å²) < 4.78 is 35.0. The van der Waals surface area contributed by atoms with Gasteiger partial charge < -0.3 is 38.0 Å². The third-order valence-corrected chi connectivity index (χ3v) is 16.2. The van der Waals surface area contributed by atoms with Crippen molar-refractivity contribution < 1.29 is 37.8 Å².